The SMILES string of the molecule is CN/C=C(\C(C)=N)[C@@H]1CCCN1. The lowest BCUT2D eigenvalue weighted by Crippen LogP contribution is -2.27. The molecule has 1 aliphatic rings. The van der Waals surface area contributed by atoms with Crippen molar-refractivity contribution in [2.45, 2.75) is 25.8 Å². The molecule has 0 bridgehead atoms. The van der Waals surface area contributed by atoms with Crippen molar-refractivity contribution in [2.75, 3.05) is 13.6 Å². The van der Waals surface area contributed by atoms with E-state index in [1.54, 1.807) is 0 Å². The van der Waals surface area contributed by atoms with Crippen LogP contribution < -0.4 is 10.6 Å². The minimum atomic E-state index is 0.398. The van der Waals surface area contributed by atoms with Gasteiger partial charge in [-0.1, -0.05) is 0 Å². The minimum absolute atomic E-state index is 0.398. The highest BCUT2D eigenvalue weighted by Crippen LogP contribution is 2.14. The summed E-state index contributed by atoms with van der Waals surface area (Å²) in [6.07, 6.45) is 4.30. The predicted octanol–water partition coefficient (Wildman–Crippen LogP) is 0.881. The maximum Gasteiger partial charge on any atom is 0.0352 e. The number of hydrogen-bond donors (Lipinski definition) is 3. The summed E-state index contributed by atoms with van der Waals surface area (Å²) in [6.45, 7) is 2.92. The van der Waals surface area contributed by atoms with Crippen LogP contribution >= 0.6 is 0 Å². The lowest BCUT2D eigenvalue weighted by molar-refractivity contribution is 0.703. The molecule has 3 heteroatoms. The first-order chi connectivity index (χ1) is 5.75. The monoisotopic (exact) mass is 167 g/mol. The van der Waals surface area contributed by atoms with E-state index >= 15 is 0 Å². The van der Waals surface area contributed by atoms with Crippen molar-refractivity contribution >= 4 is 5.71 Å². The third-order valence-electron chi connectivity index (χ3n) is 2.17. The first kappa shape index (κ1) is 9.26. The molecule has 0 aromatic carbocycles. The fourth-order valence-electron chi connectivity index (χ4n) is 1.58. The smallest absolute Gasteiger partial charge is 0.0352 e. The minimum Gasteiger partial charge on any atom is -0.394 e. The van der Waals surface area contributed by atoms with Crippen LogP contribution in [0.1, 0.15) is 19.8 Å². The zero-order chi connectivity index (χ0) is 8.97. The van der Waals surface area contributed by atoms with Gasteiger partial charge >= 0.3 is 0 Å². The largest absolute Gasteiger partial charge is 0.394 e. The molecule has 0 saturated carbocycles. The molecular formula is C9H17N3. The van der Waals surface area contributed by atoms with Crippen LogP contribution in [0, 0.1) is 5.41 Å². The average Bonchev–Trinajstić information content (AvgIpc) is 2.51. The van der Waals surface area contributed by atoms with E-state index in [0.29, 0.717) is 11.8 Å². The van der Waals surface area contributed by atoms with E-state index in [4.69, 9.17) is 5.41 Å². The van der Waals surface area contributed by atoms with Crippen molar-refractivity contribution in [3.8, 4) is 0 Å². The molecule has 0 aromatic heterocycles. The second-order valence-corrected chi connectivity index (χ2v) is 3.16. The van der Waals surface area contributed by atoms with Gasteiger partial charge in [-0.2, -0.15) is 0 Å². The summed E-state index contributed by atoms with van der Waals surface area (Å²) < 4.78 is 0. The van der Waals surface area contributed by atoms with Gasteiger partial charge in [0.15, 0.2) is 0 Å². The average molecular weight is 167 g/mol. The van der Waals surface area contributed by atoms with E-state index in [0.717, 1.165) is 18.5 Å². The number of rotatable bonds is 3. The van der Waals surface area contributed by atoms with Crippen LogP contribution in [0.25, 0.3) is 0 Å². The molecule has 0 aliphatic carbocycles. The van der Waals surface area contributed by atoms with Gasteiger partial charge < -0.3 is 16.0 Å². The molecule has 0 unspecified atom stereocenters. The quantitative estimate of drug-likeness (QED) is 0.546. The van der Waals surface area contributed by atoms with Crippen LogP contribution in [0.2, 0.25) is 0 Å². The Bertz CT molecular complexity index is 190. The van der Waals surface area contributed by atoms with Gasteiger partial charge in [0.25, 0.3) is 0 Å². The summed E-state index contributed by atoms with van der Waals surface area (Å²) in [5, 5.41) is 13.9. The highest BCUT2D eigenvalue weighted by atomic mass is 14.9. The van der Waals surface area contributed by atoms with Gasteiger partial charge in [-0.3, -0.25) is 0 Å². The third-order valence-corrected chi connectivity index (χ3v) is 2.17. The molecule has 3 nitrogen and oxygen atoms in total. The zero-order valence-electron chi connectivity index (χ0n) is 7.78. The Labute approximate surface area is 73.7 Å². The van der Waals surface area contributed by atoms with Gasteiger partial charge in [0.1, 0.15) is 0 Å². The van der Waals surface area contributed by atoms with Crippen molar-refractivity contribution in [1.82, 2.24) is 10.6 Å². The van der Waals surface area contributed by atoms with Gasteiger partial charge in [-0.25, -0.2) is 0 Å². The third kappa shape index (κ3) is 2.08. The topological polar surface area (TPSA) is 47.9 Å². The Morgan fingerprint density at radius 1 is 1.67 bits per heavy atom. The molecule has 0 spiro atoms. The Morgan fingerprint density at radius 2 is 2.42 bits per heavy atom. The first-order valence-electron chi connectivity index (χ1n) is 4.42. The lowest BCUT2D eigenvalue weighted by atomic mass is 10.0. The van der Waals surface area contributed by atoms with Crippen LogP contribution in [-0.2, 0) is 0 Å². The lowest BCUT2D eigenvalue weighted by Gasteiger charge is -2.13. The highest BCUT2D eigenvalue weighted by molar-refractivity contribution is 5.96. The van der Waals surface area contributed by atoms with Crippen molar-refractivity contribution < 1.29 is 0 Å². The molecule has 68 valence electrons. The summed E-state index contributed by atoms with van der Waals surface area (Å²) in [5.74, 6) is 0. The summed E-state index contributed by atoms with van der Waals surface area (Å²) in [5.41, 5.74) is 1.75. The van der Waals surface area contributed by atoms with E-state index < -0.39 is 0 Å². The summed E-state index contributed by atoms with van der Waals surface area (Å²) in [6, 6.07) is 0.398. The maximum atomic E-state index is 7.57. The van der Waals surface area contributed by atoms with Gasteiger partial charge in [-0.15, -0.1) is 0 Å². The molecule has 1 heterocycles. The van der Waals surface area contributed by atoms with Crippen molar-refractivity contribution in [1.29, 1.82) is 5.41 Å². The molecule has 1 fully saturated rings. The molecular weight excluding hydrogens is 150 g/mol. The van der Waals surface area contributed by atoms with Crippen LogP contribution in [0.15, 0.2) is 11.8 Å². The van der Waals surface area contributed by atoms with E-state index in [2.05, 4.69) is 10.6 Å². The van der Waals surface area contributed by atoms with Gasteiger partial charge in [0.2, 0.25) is 0 Å². The second kappa shape index (κ2) is 4.26. The fraction of sp³-hybridized carbons (Fsp3) is 0.667. The van der Waals surface area contributed by atoms with E-state index in [1.807, 2.05) is 20.2 Å². The molecule has 1 aliphatic heterocycles. The molecule has 12 heavy (non-hydrogen) atoms. The van der Waals surface area contributed by atoms with Crippen molar-refractivity contribution in [2.24, 2.45) is 0 Å². The summed E-state index contributed by atoms with van der Waals surface area (Å²) in [7, 11) is 1.87. The van der Waals surface area contributed by atoms with Crippen LogP contribution in [0.3, 0.4) is 0 Å². The first-order valence-corrected chi connectivity index (χ1v) is 4.42. The Kier molecular flexibility index (Phi) is 3.29. The zero-order valence-corrected chi connectivity index (χ0v) is 7.78. The van der Waals surface area contributed by atoms with Crippen LogP contribution in [-0.4, -0.2) is 25.3 Å². The Balaban J connectivity index is 2.64. The molecule has 0 aromatic rings. The highest BCUT2D eigenvalue weighted by Gasteiger charge is 2.19. The molecule has 0 amide bonds. The summed E-state index contributed by atoms with van der Waals surface area (Å²) in [4.78, 5) is 0. The summed E-state index contributed by atoms with van der Waals surface area (Å²) >= 11 is 0. The van der Waals surface area contributed by atoms with Crippen LogP contribution in [0.4, 0.5) is 0 Å². The Morgan fingerprint density at radius 3 is 2.83 bits per heavy atom. The van der Waals surface area contributed by atoms with Crippen LogP contribution in [0.5, 0.6) is 0 Å². The molecule has 1 saturated heterocycles. The standard InChI is InChI=1S/C9H17N3/c1-7(10)8(6-11-2)9-4-3-5-12-9/h6,9-12H,3-5H2,1-2H3/b8-6+,10-7?/t9-/m0/s1. The number of nitrogens with one attached hydrogen (secondary N) is 3. The van der Waals surface area contributed by atoms with E-state index in [1.165, 1.54) is 6.42 Å². The van der Waals surface area contributed by atoms with Gasteiger partial charge in [0, 0.05) is 30.6 Å². The van der Waals surface area contributed by atoms with Gasteiger partial charge in [0.05, 0.1) is 0 Å². The molecule has 0 radical (unpaired) electrons. The van der Waals surface area contributed by atoms with E-state index in [9.17, 15) is 0 Å². The second-order valence-electron chi connectivity index (χ2n) is 3.16. The molecule has 3 N–H and O–H groups in total. The maximum absolute atomic E-state index is 7.57. The van der Waals surface area contributed by atoms with E-state index in [-0.39, 0.29) is 0 Å². The molecule has 1 rings (SSSR count). The van der Waals surface area contributed by atoms with Crippen molar-refractivity contribution in [3.05, 3.63) is 11.8 Å². The van der Waals surface area contributed by atoms with Crippen molar-refractivity contribution in [3.63, 3.8) is 0 Å². The Hall–Kier alpha value is -0.830. The predicted molar refractivity (Wildman–Crippen MR) is 51.6 cm³/mol. The van der Waals surface area contributed by atoms with Gasteiger partial charge in [-0.05, 0) is 26.3 Å². The normalized spacial score (nSPS) is 24.2. The molecule has 1 atom stereocenters. The fourth-order valence-corrected chi connectivity index (χ4v) is 1.58. The number of hydrogen-bond acceptors (Lipinski definition) is 3.